The van der Waals surface area contributed by atoms with Crippen molar-refractivity contribution in [1.29, 1.82) is 0 Å². The molecule has 1 N–H and O–H groups in total. The lowest BCUT2D eigenvalue weighted by Gasteiger charge is -2.49. The Kier molecular flexibility index (Phi) is 7.06. The smallest absolute Gasteiger partial charge is 0.253 e. The fourth-order valence-electron chi connectivity index (χ4n) is 7.05. The normalized spacial score (nSPS) is 31.7. The number of rotatable bonds is 5. The van der Waals surface area contributed by atoms with E-state index in [9.17, 15) is 24.3 Å². The van der Waals surface area contributed by atoms with Gasteiger partial charge in [0.25, 0.3) is 11.8 Å². The van der Waals surface area contributed by atoms with Crippen molar-refractivity contribution in [3.8, 4) is 17.2 Å². The summed E-state index contributed by atoms with van der Waals surface area (Å²) in [5, 5.41) is 10.8. The zero-order valence-electron chi connectivity index (χ0n) is 23.3. The molecule has 2 aliphatic heterocycles. The van der Waals surface area contributed by atoms with Crippen LogP contribution in [0.15, 0.2) is 54.1 Å². The van der Waals surface area contributed by atoms with Crippen LogP contribution in [0.3, 0.4) is 0 Å². The van der Waals surface area contributed by atoms with Gasteiger partial charge in [-0.3, -0.25) is 29.0 Å². The summed E-state index contributed by atoms with van der Waals surface area (Å²) in [6, 6.07) is 9.57. The van der Waals surface area contributed by atoms with E-state index in [0.717, 1.165) is 4.90 Å². The quantitative estimate of drug-likeness (QED) is 0.282. The summed E-state index contributed by atoms with van der Waals surface area (Å²) >= 11 is 20.3. The molecule has 2 aliphatic carbocycles. The molecule has 9 nitrogen and oxygen atoms in total. The van der Waals surface area contributed by atoms with E-state index in [1.54, 1.807) is 48.6 Å². The third-order valence-electron chi connectivity index (χ3n) is 9.14. The van der Waals surface area contributed by atoms with E-state index >= 15 is 0 Å². The zero-order valence-corrected chi connectivity index (χ0v) is 25.6. The number of amides is 4. The topological polar surface area (TPSA) is 113 Å². The molecule has 6 atom stereocenters. The Morgan fingerprint density at radius 2 is 1.58 bits per heavy atom. The molecule has 6 rings (SSSR count). The minimum atomic E-state index is -1.89. The number of hydrogen-bond donors (Lipinski definition) is 1. The van der Waals surface area contributed by atoms with Gasteiger partial charge in [0.15, 0.2) is 21.2 Å². The molecule has 224 valence electrons. The Labute approximate surface area is 262 Å². The van der Waals surface area contributed by atoms with Crippen LogP contribution in [0, 0.1) is 23.7 Å². The van der Waals surface area contributed by atoms with Crippen LogP contribution in [0.4, 0.5) is 5.69 Å². The Balaban J connectivity index is 1.46. The van der Waals surface area contributed by atoms with Gasteiger partial charge in [-0.25, -0.2) is 0 Å². The largest absolute Gasteiger partial charge is 0.502 e. The van der Waals surface area contributed by atoms with Crippen molar-refractivity contribution in [2.75, 3.05) is 26.2 Å². The lowest BCUT2D eigenvalue weighted by atomic mass is 9.57. The number of benzene rings is 2. The van der Waals surface area contributed by atoms with Gasteiger partial charge >= 0.3 is 0 Å². The summed E-state index contributed by atoms with van der Waals surface area (Å²) in [6.45, 7) is 0. The number of aromatic hydroxyl groups is 1. The van der Waals surface area contributed by atoms with Crippen molar-refractivity contribution in [3.63, 3.8) is 0 Å². The van der Waals surface area contributed by atoms with Crippen LogP contribution in [0.2, 0.25) is 5.02 Å². The van der Waals surface area contributed by atoms with Gasteiger partial charge in [0, 0.05) is 18.0 Å². The van der Waals surface area contributed by atoms with E-state index in [0.29, 0.717) is 21.8 Å². The predicted molar refractivity (Wildman–Crippen MR) is 160 cm³/mol. The maximum Gasteiger partial charge on any atom is 0.253 e. The number of phenols is 1. The van der Waals surface area contributed by atoms with Gasteiger partial charge in [0.05, 0.1) is 31.7 Å². The maximum absolute atomic E-state index is 14.0. The standard InChI is InChI=1S/C31H27Cl3N2O7/c1-35-28(40)30(33)14-20-18(9-10-19-24(20)27(39)36(26(19)38)17-7-5-16(32)6-8-17)21(31(30,34)29(35)41)11-4-15-12-22(42-2)25(37)23(13-15)43-3/h4-9,11-13,19-21,24,37H,10,14H2,1-3H3/t19-,20+,21-,24-,30+,31-/m0/s1. The Bertz CT molecular complexity index is 1620. The van der Waals surface area contributed by atoms with Crippen molar-refractivity contribution < 1.29 is 33.8 Å². The molecule has 0 radical (unpaired) electrons. The third-order valence-corrected chi connectivity index (χ3v) is 10.8. The van der Waals surface area contributed by atoms with Gasteiger partial charge in [0.1, 0.15) is 0 Å². The summed E-state index contributed by atoms with van der Waals surface area (Å²) < 4.78 is 10.5. The van der Waals surface area contributed by atoms with Crippen LogP contribution < -0.4 is 14.4 Å². The summed E-state index contributed by atoms with van der Waals surface area (Å²) in [4.78, 5) is 53.1. The molecule has 0 bridgehead atoms. The molecule has 12 heteroatoms. The average Bonchev–Trinajstić information content (AvgIpc) is 3.32. The van der Waals surface area contributed by atoms with E-state index in [4.69, 9.17) is 44.3 Å². The third kappa shape index (κ3) is 4.05. The Morgan fingerprint density at radius 1 is 0.953 bits per heavy atom. The minimum absolute atomic E-state index is 0.0986. The van der Waals surface area contributed by atoms with Crippen LogP contribution in [-0.4, -0.2) is 64.7 Å². The first-order valence-electron chi connectivity index (χ1n) is 13.6. The Hall–Kier alpha value is -3.53. The van der Waals surface area contributed by atoms with Gasteiger partial charge in [-0.05, 0) is 60.7 Å². The molecule has 2 saturated heterocycles. The first-order valence-corrected chi connectivity index (χ1v) is 14.7. The average molecular weight is 646 g/mol. The molecule has 43 heavy (non-hydrogen) atoms. The highest BCUT2D eigenvalue weighted by Gasteiger charge is 2.75. The number of nitrogens with zero attached hydrogens (tertiary/aromatic N) is 2. The summed E-state index contributed by atoms with van der Waals surface area (Å²) in [6.07, 6.45) is 5.35. The number of carbonyl (C=O) groups excluding carboxylic acids is 4. The predicted octanol–water partition coefficient (Wildman–Crippen LogP) is 4.80. The first-order chi connectivity index (χ1) is 20.4. The van der Waals surface area contributed by atoms with E-state index in [2.05, 4.69) is 0 Å². The highest BCUT2D eigenvalue weighted by Crippen LogP contribution is 2.63. The lowest BCUT2D eigenvalue weighted by Crippen LogP contribution is -2.60. The monoisotopic (exact) mass is 644 g/mol. The van der Waals surface area contributed by atoms with E-state index in [1.807, 2.05) is 6.08 Å². The zero-order chi connectivity index (χ0) is 31.0. The summed E-state index contributed by atoms with van der Waals surface area (Å²) in [5.74, 6) is -4.94. The molecule has 3 fully saturated rings. The molecule has 2 aromatic rings. The number of allylic oxidation sites excluding steroid dienone is 3. The fraction of sp³-hybridized carbons (Fsp3) is 0.355. The second kappa shape index (κ2) is 10.3. The molecule has 0 unspecified atom stereocenters. The van der Waals surface area contributed by atoms with Gasteiger partial charge in [-0.1, -0.05) is 35.4 Å². The molecular weight excluding hydrogens is 619 g/mol. The van der Waals surface area contributed by atoms with Gasteiger partial charge in [-0.15, -0.1) is 23.2 Å². The summed E-state index contributed by atoms with van der Waals surface area (Å²) in [5.41, 5.74) is 1.61. The molecule has 0 aromatic heterocycles. The first kappa shape index (κ1) is 29.5. The van der Waals surface area contributed by atoms with E-state index in [1.165, 1.54) is 26.2 Å². The van der Waals surface area contributed by atoms with E-state index in [-0.39, 0.29) is 36.0 Å². The van der Waals surface area contributed by atoms with Crippen LogP contribution in [0.5, 0.6) is 17.2 Å². The van der Waals surface area contributed by atoms with Crippen LogP contribution in [0.25, 0.3) is 6.08 Å². The Morgan fingerprint density at radius 3 is 2.19 bits per heavy atom. The minimum Gasteiger partial charge on any atom is -0.502 e. The number of likely N-dealkylation sites (tertiary alicyclic amines) is 1. The highest BCUT2D eigenvalue weighted by atomic mass is 35.5. The molecule has 2 aromatic carbocycles. The number of methoxy groups -OCH3 is 2. The number of fused-ring (bicyclic) bond motifs is 4. The van der Waals surface area contributed by atoms with Gasteiger partial charge in [0.2, 0.25) is 17.6 Å². The molecular formula is C31H27Cl3N2O7. The number of hydrogen-bond acceptors (Lipinski definition) is 7. The van der Waals surface area contributed by atoms with Gasteiger partial charge in [-0.2, -0.15) is 0 Å². The van der Waals surface area contributed by atoms with Crippen LogP contribution in [-0.2, 0) is 19.2 Å². The molecule has 0 spiro atoms. The molecule has 2 heterocycles. The van der Waals surface area contributed by atoms with Crippen molar-refractivity contribution in [2.45, 2.75) is 22.6 Å². The molecule has 4 amide bonds. The van der Waals surface area contributed by atoms with Gasteiger partial charge < -0.3 is 14.6 Å². The number of alkyl halides is 2. The lowest BCUT2D eigenvalue weighted by molar-refractivity contribution is -0.138. The number of halogens is 3. The van der Waals surface area contributed by atoms with E-state index < -0.39 is 51.1 Å². The maximum atomic E-state index is 14.0. The van der Waals surface area contributed by atoms with Crippen molar-refractivity contribution in [1.82, 2.24) is 4.90 Å². The number of ether oxygens (including phenoxy) is 2. The highest BCUT2D eigenvalue weighted by molar-refractivity contribution is 6.53. The molecule has 1 saturated carbocycles. The number of anilines is 1. The SMILES string of the molecule is COc1cc(C=C[C@H]2C3=CC[C@@H]4C(=O)N(c5ccc(Cl)cc5)C(=O)[C@@H]4[C@@H]3C[C@@]3(Cl)C(=O)N(C)C(=O)[C@@]23Cl)cc(OC)c1O. The van der Waals surface area contributed by atoms with Crippen molar-refractivity contribution in [3.05, 3.63) is 64.7 Å². The number of carbonyl (C=O) groups is 4. The second-order valence-corrected chi connectivity index (χ2v) is 12.8. The molecule has 4 aliphatic rings. The van der Waals surface area contributed by atoms with Crippen molar-refractivity contribution >= 4 is 70.2 Å². The second-order valence-electron chi connectivity index (χ2n) is 11.2. The fourth-order valence-corrected chi connectivity index (χ4v) is 8.16. The number of phenolic OH excluding ortho intramolecular Hbond substituents is 1. The summed E-state index contributed by atoms with van der Waals surface area (Å²) in [7, 11) is 4.14. The van der Waals surface area contributed by atoms with Crippen LogP contribution >= 0.6 is 34.8 Å². The van der Waals surface area contributed by atoms with Crippen molar-refractivity contribution in [2.24, 2.45) is 23.7 Å². The number of imide groups is 2. The van der Waals surface area contributed by atoms with Crippen LogP contribution in [0.1, 0.15) is 18.4 Å².